The maximum atomic E-state index is 12.1. The van der Waals surface area contributed by atoms with Gasteiger partial charge >= 0.3 is 0 Å². The van der Waals surface area contributed by atoms with Gasteiger partial charge in [-0.2, -0.15) is 8.78 Å². The number of thioether (sulfide) groups is 1. The van der Waals surface area contributed by atoms with E-state index in [4.69, 9.17) is 4.42 Å². The van der Waals surface area contributed by atoms with E-state index in [1.54, 1.807) is 18.2 Å². The predicted molar refractivity (Wildman–Crippen MR) is 76.2 cm³/mol. The lowest BCUT2D eigenvalue weighted by Crippen LogP contribution is -1.98. The Balaban J connectivity index is 1.89. The van der Waals surface area contributed by atoms with Crippen LogP contribution in [0.25, 0.3) is 0 Å². The number of alkyl halides is 2. The molecule has 0 unspecified atom stereocenters. The fraction of sp³-hybridized carbons (Fsp3) is 0.286. The van der Waals surface area contributed by atoms with Crippen LogP contribution in [-0.2, 0) is 12.3 Å². The number of phenols is 1. The minimum Gasteiger partial charge on any atom is -0.508 e. The van der Waals surface area contributed by atoms with Crippen molar-refractivity contribution < 1.29 is 18.3 Å². The molecule has 108 valence electrons. The zero-order chi connectivity index (χ0) is 14.5. The van der Waals surface area contributed by atoms with Crippen molar-refractivity contribution in [2.45, 2.75) is 25.0 Å². The molecule has 2 aromatic rings. The highest BCUT2D eigenvalue weighted by Crippen LogP contribution is 2.23. The molecule has 0 aliphatic carbocycles. The van der Waals surface area contributed by atoms with E-state index in [1.807, 2.05) is 19.1 Å². The summed E-state index contributed by atoms with van der Waals surface area (Å²) in [5, 5.41) is 12.7. The SMILES string of the molecule is Cc1ccc(NCc2ccc(CSC(F)F)o2)cc1O. The number of aromatic hydroxyl groups is 1. The van der Waals surface area contributed by atoms with Gasteiger partial charge in [0.25, 0.3) is 5.76 Å². The fourth-order valence-electron chi connectivity index (χ4n) is 1.65. The van der Waals surface area contributed by atoms with Gasteiger partial charge in [-0.3, -0.25) is 0 Å². The molecule has 20 heavy (non-hydrogen) atoms. The van der Waals surface area contributed by atoms with Gasteiger partial charge in [0.1, 0.15) is 17.3 Å². The lowest BCUT2D eigenvalue weighted by molar-refractivity contribution is 0.251. The molecular formula is C14H15F2NO2S. The Labute approximate surface area is 120 Å². The van der Waals surface area contributed by atoms with Crippen molar-refractivity contribution in [2.24, 2.45) is 0 Å². The molecule has 0 atom stereocenters. The maximum absolute atomic E-state index is 12.1. The maximum Gasteiger partial charge on any atom is 0.284 e. The molecule has 0 amide bonds. The minimum atomic E-state index is -2.39. The molecule has 0 aliphatic heterocycles. The average Bonchev–Trinajstić information content (AvgIpc) is 2.86. The molecule has 1 heterocycles. The number of nitrogens with one attached hydrogen (secondary N) is 1. The van der Waals surface area contributed by atoms with E-state index in [-0.39, 0.29) is 11.5 Å². The average molecular weight is 299 g/mol. The second kappa shape index (κ2) is 6.65. The summed E-state index contributed by atoms with van der Waals surface area (Å²) in [5.41, 5.74) is 1.58. The molecule has 0 radical (unpaired) electrons. The molecule has 0 saturated heterocycles. The molecule has 0 spiro atoms. The monoisotopic (exact) mass is 299 g/mol. The van der Waals surface area contributed by atoms with Gasteiger partial charge in [0.15, 0.2) is 0 Å². The third-order valence-corrected chi connectivity index (χ3v) is 3.45. The Morgan fingerprint density at radius 1 is 1.25 bits per heavy atom. The molecule has 0 aliphatic rings. The van der Waals surface area contributed by atoms with Crippen LogP contribution in [0.3, 0.4) is 0 Å². The number of phenolic OH excluding ortho intramolecular Hbond substituents is 1. The van der Waals surface area contributed by atoms with Crippen LogP contribution in [0.15, 0.2) is 34.7 Å². The zero-order valence-corrected chi connectivity index (χ0v) is 11.7. The van der Waals surface area contributed by atoms with Crippen LogP contribution in [0.2, 0.25) is 0 Å². The summed E-state index contributed by atoms with van der Waals surface area (Å²) in [6.07, 6.45) is 0. The molecular weight excluding hydrogens is 284 g/mol. The van der Waals surface area contributed by atoms with E-state index in [0.29, 0.717) is 29.8 Å². The second-order valence-electron chi connectivity index (χ2n) is 4.29. The van der Waals surface area contributed by atoms with Gasteiger partial charge in [-0.25, -0.2) is 0 Å². The summed E-state index contributed by atoms with van der Waals surface area (Å²) >= 11 is 0.535. The first-order valence-corrected chi connectivity index (χ1v) is 7.10. The Morgan fingerprint density at radius 3 is 2.70 bits per heavy atom. The highest BCUT2D eigenvalue weighted by atomic mass is 32.2. The number of rotatable bonds is 6. The zero-order valence-electron chi connectivity index (χ0n) is 10.9. The van der Waals surface area contributed by atoms with Crippen LogP contribution in [0.5, 0.6) is 5.75 Å². The molecule has 3 nitrogen and oxygen atoms in total. The Bertz CT molecular complexity index is 572. The summed E-state index contributed by atoms with van der Waals surface area (Å²) in [6.45, 7) is 2.25. The molecule has 0 saturated carbocycles. The van der Waals surface area contributed by atoms with Crippen molar-refractivity contribution in [3.8, 4) is 5.75 Å². The van der Waals surface area contributed by atoms with Gasteiger partial charge in [-0.1, -0.05) is 17.8 Å². The van der Waals surface area contributed by atoms with Crippen LogP contribution >= 0.6 is 11.8 Å². The van der Waals surface area contributed by atoms with Crippen molar-refractivity contribution >= 4 is 17.4 Å². The minimum absolute atomic E-state index is 0.156. The number of halogens is 2. The van der Waals surface area contributed by atoms with Crippen molar-refractivity contribution in [3.05, 3.63) is 47.4 Å². The normalized spacial score (nSPS) is 11.0. The van der Waals surface area contributed by atoms with Crippen LogP contribution in [-0.4, -0.2) is 10.9 Å². The molecule has 1 aromatic heterocycles. The number of anilines is 1. The summed E-state index contributed by atoms with van der Waals surface area (Å²) in [4.78, 5) is 0. The molecule has 1 aromatic carbocycles. The fourth-order valence-corrected chi connectivity index (χ4v) is 2.09. The number of benzene rings is 1. The van der Waals surface area contributed by atoms with Gasteiger partial charge in [0.05, 0.1) is 12.3 Å². The van der Waals surface area contributed by atoms with Gasteiger partial charge in [0, 0.05) is 11.8 Å². The summed E-state index contributed by atoms with van der Waals surface area (Å²) < 4.78 is 29.5. The molecule has 2 N–H and O–H groups in total. The van der Waals surface area contributed by atoms with Gasteiger partial charge in [0.2, 0.25) is 0 Å². The van der Waals surface area contributed by atoms with Crippen LogP contribution in [0.1, 0.15) is 17.1 Å². The predicted octanol–water partition coefficient (Wildman–Crippen LogP) is 4.36. The van der Waals surface area contributed by atoms with E-state index >= 15 is 0 Å². The van der Waals surface area contributed by atoms with Crippen molar-refractivity contribution in [2.75, 3.05) is 5.32 Å². The van der Waals surface area contributed by atoms with E-state index < -0.39 is 5.76 Å². The van der Waals surface area contributed by atoms with Crippen molar-refractivity contribution in [1.29, 1.82) is 0 Å². The van der Waals surface area contributed by atoms with E-state index in [9.17, 15) is 13.9 Å². The molecule has 6 heteroatoms. The van der Waals surface area contributed by atoms with Crippen LogP contribution < -0.4 is 5.32 Å². The Kier molecular flexibility index (Phi) is 4.89. The first-order valence-electron chi connectivity index (χ1n) is 6.05. The van der Waals surface area contributed by atoms with Crippen LogP contribution in [0.4, 0.5) is 14.5 Å². The lowest BCUT2D eigenvalue weighted by Gasteiger charge is -2.06. The van der Waals surface area contributed by atoms with Crippen LogP contribution in [0, 0.1) is 6.92 Å². The third-order valence-electron chi connectivity index (χ3n) is 2.74. The van der Waals surface area contributed by atoms with E-state index in [1.165, 1.54) is 0 Å². The standard InChI is InChI=1S/C14H15F2NO2S/c1-9-2-3-10(6-13(9)18)17-7-11-4-5-12(19-11)8-20-14(15)16/h2-6,14,17-18H,7-8H2,1H3. The highest BCUT2D eigenvalue weighted by molar-refractivity contribution is 7.98. The highest BCUT2D eigenvalue weighted by Gasteiger charge is 2.07. The summed E-state index contributed by atoms with van der Waals surface area (Å²) in [5.74, 6) is -0.822. The number of furan rings is 1. The topological polar surface area (TPSA) is 45.4 Å². The van der Waals surface area contributed by atoms with Gasteiger partial charge in [-0.15, -0.1) is 0 Å². The Morgan fingerprint density at radius 2 is 2.00 bits per heavy atom. The van der Waals surface area contributed by atoms with Crippen molar-refractivity contribution in [3.63, 3.8) is 0 Å². The molecule has 0 fully saturated rings. The molecule has 2 rings (SSSR count). The third kappa shape index (κ3) is 4.16. The second-order valence-corrected chi connectivity index (χ2v) is 5.27. The first-order chi connectivity index (χ1) is 9.54. The lowest BCUT2D eigenvalue weighted by atomic mass is 10.2. The van der Waals surface area contributed by atoms with E-state index in [0.717, 1.165) is 11.3 Å². The quantitative estimate of drug-likeness (QED) is 0.832. The largest absolute Gasteiger partial charge is 0.508 e. The summed E-state index contributed by atoms with van der Waals surface area (Å²) in [7, 11) is 0. The first kappa shape index (κ1) is 14.7. The van der Waals surface area contributed by atoms with Crippen molar-refractivity contribution in [1.82, 2.24) is 0 Å². The van der Waals surface area contributed by atoms with Gasteiger partial charge in [-0.05, 0) is 30.7 Å². The van der Waals surface area contributed by atoms with Gasteiger partial charge < -0.3 is 14.8 Å². The summed E-state index contributed by atoms with van der Waals surface area (Å²) in [6, 6.07) is 8.74. The Hall–Kier alpha value is -1.69. The number of hydrogen-bond acceptors (Lipinski definition) is 4. The smallest absolute Gasteiger partial charge is 0.284 e. The molecule has 0 bridgehead atoms. The number of hydrogen-bond donors (Lipinski definition) is 2. The van der Waals surface area contributed by atoms with E-state index in [2.05, 4.69) is 5.32 Å². The number of aryl methyl sites for hydroxylation is 1.